The van der Waals surface area contributed by atoms with Crippen LogP contribution in [0.25, 0.3) is 11.4 Å². The molecule has 0 spiro atoms. The molecule has 0 aliphatic heterocycles. The van der Waals surface area contributed by atoms with Crippen molar-refractivity contribution in [2.75, 3.05) is 0 Å². The number of halogens is 6. The Morgan fingerprint density at radius 3 is 2.42 bits per heavy atom. The van der Waals surface area contributed by atoms with Crippen LogP contribution in [-0.4, -0.2) is 27.6 Å². The number of hydrogen-bond donors (Lipinski definition) is 0. The molecule has 2 rings (SSSR count). The lowest BCUT2D eigenvalue weighted by molar-refractivity contribution is -0.211. The number of rotatable bonds is 6. The molecule has 10 heteroatoms. The highest BCUT2D eigenvalue weighted by atomic mass is 35.5. The monoisotopic (exact) mass is 397 g/mol. The molecule has 0 aliphatic rings. The van der Waals surface area contributed by atoms with Crippen LogP contribution in [0.5, 0.6) is 5.75 Å². The Morgan fingerprint density at radius 2 is 1.88 bits per heavy atom. The van der Waals surface area contributed by atoms with E-state index < -0.39 is 24.6 Å². The summed E-state index contributed by atoms with van der Waals surface area (Å²) in [4.78, 5) is 4.04. The third kappa shape index (κ3) is 4.25. The van der Waals surface area contributed by atoms with Crippen LogP contribution in [0.15, 0.2) is 18.5 Å². The molecule has 0 bridgehead atoms. The zero-order chi connectivity index (χ0) is 19.7. The zero-order valence-electron chi connectivity index (χ0n) is 14.2. The Kier molecular flexibility index (Phi) is 5.79. The fourth-order valence-electron chi connectivity index (χ4n) is 2.39. The average molecular weight is 398 g/mol. The van der Waals surface area contributed by atoms with Gasteiger partial charge in [0.1, 0.15) is 11.4 Å². The molecule has 0 atom stereocenters. The highest BCUT2D eigenvalue weighted by molar-refractivity contribution is 6.33. The SMILES string of the molecule is CCn1ncc(Cl)c1-c1ncc(CC(C)(C)C(F)(F)F)cc1OC(F)F. The van der Waals surface area contributed by atoms with Crippen molar-refractivity contribution >= 4 is 11.6 Å². The minimum absolute atomic E-state index is 0.0109. The molecular weight excluding hydrogens is 381 g/mol. The van der Waals surface area contributed by atoms with E-state index in [9.17, 15) is 22.0 Å². The van der Waals surface area contributed by atoms with Crippen molar-refractivity contribution in [1.82, 2.24) is 14.8 Å². The molecular formula is C16H17ClF5N3O. The van der Waals surface area contributed by atoms with Gasteiger partial charge >= 0.3 is 12.8 Å². The first-order valence-corrected chi connectivity index (χ1v) is 8.06. The quantitative estimate of drug-likeness (QED) is 0.617. The van der Waals surface area contributed by atoms with Gasteiger partial charge in [-0.2, -0.15) is 27.1 Å². The largest absolute Gasteiger partial charge is 0.432 e. The maximum absolute atomic E-state index is 13.1. The molecule has 26 heavy (non-hydrogen) atoms. The maximum Gasteiger partial charge on any atom is 0.394 e. The molecule has 0 amide bonds. The smallest absolute Gasteiger partial charge is 0.394 e. The molecule has 0 radical (unpaired) electrons. The minimum atomic E-state index is -4.46. The van der Waals surface area contributed by atoms with Crippen molar-refractivity contribution in [3.63, 3.8) is 0 Å². The molecule has 0 saturated carbocycles. The van der Waals surface area contributed by atoms with E-state index in [1.165, 1.54) is 17.1 Å². The lowest BCUT2D eigenvalue weighted by atomic mass is 9.85. The Labute approximate surface area is 151 Å². The van der Waals surface area contributed by atoms with Gasteiger partial charge in [-0.15, -0.1) is 0 Å². The Morgan fingerprint density at radius 1 is 1.23 bits per heavy atom. The van der Waals surface area contributed by atoms with E-state index in [0.29, 0.717) is 6.54 Å². The summed E-state index contributed by atoms with van der Waals surface area (Å²) in [6.07, 6.45) is -2.37. The lowest BCUT2D eigenvalue weighted by Crippen LogP contribution is -2.34. The summed E-state index contributed by atoms with van der Waals surface area (Å²) in [5.41, 5.74) is -1.69. The first kappa shape index (κ1) is 20.4. The van der Waals surface area contributed by atoms with E-state index in [-0.39, 0.29) is 27.7 Å². The molecule has 2 heterocycles. The first-order valence-electron chi connectivity index (χ1n) is 7.68. The number of pyridine rings is 1. The van der Waals surface area contributed by atoms with Gasteiger partial charge in [0.25, 0.3) is 0 Å². The molecule has 0 fully saturated rings. The van der Waals surface area contributed by atoms with Crippen molar-refractivity contribution in [1.29, 1.82) is 0 Å². The second kappa shape index (κ2) is 7.38. The van der Waals surface area contributed by atoms with Crippen LogP contribution in [0.1, 0.15) is 26.3 Å². The number of ether oxygens (including phenoxy) is 1. The topological polar surface area (TPSA) is 39.9 Å². The minimum Gasteiger partial charge on any atom is -0.432 e. The number of aryl methyl sites for hydroxylation is 1. The van der Waals surface area contributed by atoms with Crippen molar-refractivity contribution in [3.05, 3.63) is 29.0 Å². The normalized spacial score (nSPS) is 12.7. The van der Waals surface area contributed by atoms with Crippen LogP contribution in [0, 0.1) is 5.41 Å². The van der Waals surface area contributed by atoms with Crippen LogP contribution < -0.4 is 4.74 Å². The summed E-state index contributed by atoms with van der Waals surface area (Å²) in [6, 6.07) is 1.13. The van der Waals surface area contributed by atoms with Gasteiger partial charge in [0.05, 0.1) is 16.6 Å². The Balaban J connectivity index is 2.50. The number of aromatic nitrogens is 3. The van der Waals surface area contributed by atoms with Gasteiger partial charge in [-0.05, 0) is 25.0 Å². The maximum atomic E-state index is 13.1. The molecule has 144 valence electrons. The van der Waals surface area contributed by atoms with E-state index in [0.717, 1.165) is 19.9 Å². The molecule has 0 unspecified atom stereocenters. The van der Waals surface area contributed by atoms with Crippen molar-refractivity contribution < 1.29 is 26.7 Å². The van der Waals surface area contributed by atoms with Gasteiger partial charge in [0, 0.05) is 12.7 Å². The number of hydrogen-bond acceptors (Lipinski definition) is 3. The lowest BCUT2D eigenvalue weighted by Gasteiger charge is -2.27. The van der Waals surface area contributed by atoms with Gasteiger partial charge in [-0.3, -0.25) is 9.67 Å². The molecule has 0 saturated heterocycles. The fourth-order valence-corrected chi connectivity index (χ4v) is 2.62. The van der Waals surface area contributed by atoms with Crippen LogP contribution in [-0.2, 0) is 13.0 Å². The molecule has 0 aromatic carbocycles. The summed E-state index contributed by atoms with van der Waals surface area (Å²) in [5, 5.41) is 4.17. The zero-order valence-corrected chi connectivity index (χ0v) is 15.0. The highest BCUT2D eigenvalue weighted by Crippen LogP contribution is 2.41. The van der Waals surface area contributed by atoms with Crippen molar-refractivity contribution in [2.45, 2.75) is 46.5 Å². The second-order valence-electron chi connectivity index (χ2n) is 6.28. The molecule has 2 aromatic heterocycles. The molecule has 0 aliphatic carbocycles. The van der Waals surface area contributed by atoms with Gasteiger partial charge in [0.15, 0.2) is 5.75 Å². The third-order valence-electron chi connectivity index (χ3n) is 3.86. The number of nitrogens with zero attached hydrogens (tertiary/aromatic N) is 3. The van der Waals surface area contributed by atoms with E-state index in [2.05, 4.69) is 14.8 Å². The van der Waals surface area contributed by atoms with E-state index >= 15 is 0 Å². The van der Waals surface area contributed by atoms with E-state index in [4.69, 9.17) is 11.6 Å². The first-order chi connectivity index (χ1) is 12.0. The predicted molar refractivity (Wildman–Crippen MR) is 86.3 cm³/mol. The van der Waals surface area contributed by atoms with Crippen LogP contribution in [0.4, 0.5) is 22.0 Å². The summed E-state index contributed by atoms with van der Waals surface area (Å²) in [6.45, 7) is 1.04. The standard InChI is InChI=1S/C16H17ClF5N3O/c1-4-25-13(10(17)8-24-25)12-11(26-14(18)19)5-9(7-23-12)6-15(2,3)16(20,21)22/h5,7-8,14H,4,6H2,1-3H3. The number of alkyl halides is 5. The average Bonchev–Trinajstić information content (AvgIpc) is 2.86. The van der Waals surface area contributed by atoms with Gasteiger partial charge in [0.2, 0.25) is 0 Å². The summed E-state index contributed by atoms with van der Waals surface area (Å²) < 4.78 is 70.8. The van der Waals surface area contributed by atoms with Crippen LogP contribution in [0.3, 0.4) is 0 Å². The van der Waals surface area contributed by atoms with Gasteiger partial charge < -0.3 is 4.74 Å². The summed E-state index contributed by atoms with van der Waals surface area (Å²) in [5.74, 6) is -0.354. The van der Waals surface area contributed by atoms with E-state index in [1.807, 2.05) is 0 Å². The molecule has 0 N–H and O–H groups in total. The van der Waals surface area contributed by atoms with Gasteiger partial charge in [-0.25, -0.2) is 0 Å². The summed E-state index contributed by atoms with van der Waals surface area (Å²) >= 11 is 6.06. The van der Waals surface area contributed by atoms with Crippen molar-refractivity contribution in [2.24, 2.45) is 5.41 Å². The Bertz CT molecular complexity index is 774. The summed E-state index contributed by atoms with van der Waals surface area (Å²) in [7, 11) is 0. The highest BCUT2D eigenvalue weighted by Gasteiger charge is 2.47. The Hall–Kier alpha value is -1.90. The molecule has 4 nitrogen and oxygen atoms in total. The third-order valence-corrected chi connectivity index (χ3v) is 4.13. The van der Waals surface area contributed by atoms with E-state index in [1.54, 1.807) is 6.92 Å². The van der Waals surface area contributed by atoms with Gasteiger partial charge in [-0.1, -0.05) is 25.4 Å². The van der Waals surface area contributed by atoms with Crippen LogP contribution in [0.2, 0.25) is 5.02 Å². The van der Waals surface area contributed by atoms with Crippen molar-refractivity contribution in [3.8, 4) is 17.1 Å². The fraction of sp³-hybridized carbons (Fsp3) is 0.500. The molecule has 2 aromatic rings. The van der Waals surface area contributed by atoms with Crippen LogP contribution >= 0.6 is 11.6 Å². The predicted octanol–water partition coefficient (Wildman–Crippen LogP) is 5.35. The second-order valence-corrected chi connectivity index (χ2v) is 6.69.